The molecule has 1 amide bonds. The highest BCUT2D eigenvalue weighted by molar-refractivity contribution is 7.99. The Bertz CT molecular complexity index is 657. The number of hydrogen-bond acceptors (Lipinski definition) is 8. The summed E-state index contributed by atoms with van der Waals surface area (Å²) in [5.74, 6) is -1.68. The van der Waals surface area contributed by atoms with Crippen LogP contribution in [0.1, 0.15) is 6.42 Å². The van der Waals surface area contributed by atoms with Crippen LogP contribution in [0.15, 0.2) is 35.7 Å². The lowest BCUT2D eigenvalue weighted by molar-refractivity contribution is -0.145. The Hall–Kier alpha value is -2.75. The third-order valence-electron chi connectivity index (χ3n) is 2.52. The van der Waals surface area contributed by atoms with E-state index in [2.05, 4.69) is 15.3 Å². The summed E-state index contributed by atoms with van der Waals surface area (Å²) in [6.07, 6.45) is 3.04. The minimum Gasteiger partial charge on any atom is -0.492 e. The molecule has 2 heterocycles. The molecule has 2 aromatic heterocycles. The van der Waals surface area contributed by atoms with Crippen LogP contribution >= 0.6 is 11.8 Å². The van der Waals surface area contributed by atoms with E-state index in [1.807, 2.05) is 0 Å². The summed E-state index contributed by atoms with van der Waals surface area (Å²) in [5, 5.41) is 21.7. The molecule has 0 saturated carbocycles. The zero-order valence-electron chi connectivity index (χ0n) is 11.9. The van der Waals surface area contributed by atoms with Gasteiger partial charge in [0.25, 0.3) is 0 Å². The van der Waals surface area contributed by atoms with Crippen molar-refractivity contribution in [1.29, 1.82) is 0 Å². The Labute approximate surface area is 135 Å². The summed E-state index contributed by atoms with van der Waals surface area (Å²) in [7, 11) is 0. The SMILES string of the molecule is O=C(CSc1ncccn1)NCCC(=O)On1c(O)ccc1O. The second kappa shape index (κ2) is 8.03. The topological polar surface area (TPSA) is 127 Å². The van der Waals surface area contributed by atoms with Gasteiger partial charge in [0.2, 0.25) is 17.7 Å². The minimum absolute atomic E-state index is 0.0661. The maximum Gasteiger partial charge on any atom is 0.334 e. The lowest BCUT2D eigenvalue weighted by Gasteiger charge is -2.07. The van der Waals surface area contributed by atoms with Crippen LogP contribution in [-0.2, 0) is 9.59 Å². The molecule has 3 N–H and O–H groups in total. The van der Waals surface area contributed by atoms with Crippen LogP contribution in [0.25, 0.3) is 0 Å². The van der Waals surface area contributed by atoms with Crippen LogP contribution in [0.2, 0.25) is 0 Å². The van der Waals surface area contributed by atoms with Gasteiger partial charge in [-0.3, -0.25) is 4.79 Å². The van der Waals surface area contributed by atoms with Gasteiger partial charge in [-0.15, -0.1) is 4.73 Å². The zero-order valence-corrected chi connectivity index (χ0v) is 12.7. The van der Waals surface area contributed by atoms with E-state index in [1.165, 1.54) is 23.9 Å². The van der Waals surface area contributed by atoms with Gasteiger partial charge in [0.05, 0.1) is 12.2 Å². The number of aromatic nitrogens is 3. The van der Waals surface area contributed by atoms with Gasteiger partial charge in [-0.25, -0.2) is 14.8 Å². The average molecular weight is 338 g/mol. The Morgan fingerprint density at radius 1 is 1.22 bits per heavy atom. The predicted octanol–water partition coefficient (Wildman–Crippen LogP) is -0.0569. The zero-order chi connectivity index (χ0) is 16.7. The fraction of sp³-hybridized carbons (Fsp3) is 0.231. The lowest BCUT2D eigenvalue weighted by atomic mass is 10.4. The van der Waals surface area contributed by atoms with Crippen LogP contribution in [0.3, 0.4) is 0 Å². The summed E-state index contributed by atoms with van der Waals surface area (Å²) >= 11 is 1.17. The standard InChI is InChI=1S/C13H14N4O5S/c18-9(8-23-13-15-5-1-6-16-13)14-7-4-12(21)22-17-10(19)2-3-11(17)20/h1-3,5-6,19-20H,4,7-8H2,(H,14,18). The quantitative estimate of drug-likeness (QED) is 0.473. The number of thioether (sulfide) groups is 1. The molecular weight excluding hydrogens is 324 g/mol. The second-order valence-corrected chi connectivity index (χ2v) is 5.17. The maximum absolute atomic E-state index is 11.6. The van der Waals surface area contributed by atoms with Crippen LogP contribution < -0.4 is 10.2 Å². The van der Waals surface area contributed by atoms with Crippen molar-refractivity contribution in [1.82, 2.24) is 20.0 Å². The highest BCUT2D eigenvalue weighted by Gasteiger charge is 2.12. The van der Waals surface area contributed by atoms with Gasteiger partial charge < -0.3 is 20.4 Å². The first-order valence-corrected chi connectivity index (χ1v) is 7.52. The third-order valence-corrected chi connectivity index (χ3v) is 3.39. The highest BCUT2D eigenvalue weighted by atomic mass is 32.2. The molecule has 0 atom stereocenters. The first-order chi connectivity index (χ1) is 11.1. The van der Waals surface area contributed by atoms with Crippen molar-refractivity contribution in [2.24, 2.45) is 0 Å². The van der Waals surface area contributed by atoms with E-state index < -0.39 is 17.7 Å². The number of aromatic hydroxyl groups is 2. The fourth-order valence-corrected chi connectivity index (χ4v) is 2.12. The molecule has 23 heavy (non-hydrogen) atoms. The van der Waals surface area contributed by atoms with E-state index in [1.54, 1.807) is 18.5 Å². The highest BCUT2D eigenvalue weighted by Crippen LogP contribution is 2.18. The first kappa shape index (κ1) is 16.6. The smallest absolute Gasteiger partial charge is 0.334 e. The molecule has 10 heteroatoms. The fourth-order valence-electron chi connectivity index (χ4n) is 1.49. The van der Waals surface area contributed by atoms with E-state index in [0.717, 1.165) is 0 Å². The number of rotatable bonds is 7. The number of hydrogen-bond donors (Lipinski definition) is 3. The number of carbonyl (C=O) groups is 2. The molecule has 0 radical (unpaired) electrons. The van der Waals surface area contributed by atoms with Crippen molar-refractivity contribution in [3.8, 4) is 11.8 Å². The number of amides is 1. The van der Waals surface area contributed by atoms with Gasteiger partial charge in [-0.1, -0.05) is 11.8 Å². The van der Waals surface area contributed by atoms with Crippen molar-refractivity contribution >= 4 is 23.6 Å². The average Bonchev–Trinajstić information content (AvgIpc) is 2.86. The molecule has 0 unspecified atom stereocenters. The summed E-state index contributed by atoms with van der Waals surface area (Å²) in [5.41, 5.74) is 0. The van der Waals surface area contributed by atoms with Gasteiger partial charge in [0.1, 0.15) is 0 Å². The molecule has 0 saturated heterocycles. The second-order valence-electron chi connectivity index (χ2n) is 4.23. The summed E-state index contributed by atoms with van der Waals surface area (Å²) in [6.45, 7) is 0.0661. The largest absolute Gasteiger partial charge is 0.492 e. The Morgan fingerprint density at radius 3 is 2.52 bits per heavy atom. The molecule has 0 spiro atoms. The minimum atomic E-state index is -0.717. The molecule has 0 bridgehead atoms. The number of nitrogens with zero attached hydrogens (tertiary/aromatic N) is 3. The van der Waals surface area contributed by atoms with Gasteiger partial charge in [-0.05, 0) is 6.07 Å². The van der Waals surface area contributed by atoms with E-state index in [-0.39, 0.29) is 24.6 Å². The molecule has 2 aromatic rings. The number of carbonyl (C=O) groups excluding carboxylic acids is 2. The molecule has 2 rings (SSSR count). The molecule has 0 fully saturated rings. The third kappa shape index (κ3) is 5.18. The summed E-state index contributed by atoms with van der Waals surface area (Å²) in [4.78, 5) is 35.8. The van der Waals surface area contributed by atoms with E-state index >= 15 is 0 Å². The van der Waals surface area contributed by atoms with Crippen molar-refractivity contribution in [3.63, 3.8) is 0 Å². The molecule has 0 aliphatic rings. The van der Waals surface area contributed by atoms with Crippen molar-refractivity contribution in [2.75, 3.05) is 12.3 Å². The van der Waals surface area contributed by atoms with Crippen LogP contribution in [0, 0.1) is 0 Å². The monoisotopic (exact) mass is 338 g/mol. The molecular formula is C13H14N4O5S. The van der Waals surface area contributed by atoms with E-state index in [9.17, 15) is 19.8 Å². The first-order valence-electron chi connectivity index (χ1n) is 6.53. The van der Waals surface area contributed by atoms with Crippen LogP contribution in [0.5, 0.6) is 11.8 Å². The van der Waals surface area contributed by atoms with E-state index in [4.69, 9.17) is 4.84 Å². The molecule has 0 aromatic carbocycles. The Balaban J connectivity index is 1.66. The molecule has 122 valence electrons. The van der Waals surface area contributed by atoms with Crippen LogP contribution in [0.4, 0.5) is 0 Å². The van der Waals surface area contributed by atoms with Gasteiger partial charge in [0.15, 0.2) is 5.16 Å². The lowest BCUT2D eigenvalue weighted by Crippen LogP contribution is -2.30. The van der Waals surface area contributed by atoms with Gasteiger partial charge in [-0.2, -0.15) is 0 Å². The number of nitrogens with one attached hydrogen (secondary N) is 1. The molecule has 9 nitrogen and oxygen atoms in total. The van der Waals surface area contributed by atoms with Gasteiger partial charge in [0, 0.05) is 31.1 Å². The van der Waals surface area contributed by atoms with Crippen molar-refractivity contribution in [3.05, 3.63) is 30.6 Å². The normalized spacial score (nSPS) is 10.3. The predicted molar refractivity (Wildman–Crippen MR) is 79.7 cm³/mol. The Kier molecular flexibility index (Phi) is 5.80. The van der Waals surface area contributed by atoms with E-state index in [0.29, 0.717) is 9.89 Å². The van der Waals surface area contributed by atoms with Gasteiger partial charge >= 0.3 is 5.97 Å². The summed E-state index contributed by atoms with van der Waals surface area (Å²) < 4.78 is 0.590. The Morgan fingerprint density at radius 2 is 1.87 bits per heavy atom. The summed E-state index contributed by atoms with van der Waals surface area (Å²) in [6, 6.07) is 4.02. The molecule has 0 aliphatic carbocycles. The van der Waals surface area contributed by atoms with Crippen molar-refractivity contribution in [2.45, 2.75) is 11.6 Å². The maximum atomic E-state index is 11.6. The molecule has 0 aliphatic heterocycles. The van der Waals surface area contributed by atoms with Crippen LogP contribution in [-0.4, -0.2) is 49.1 Å². The van der Waals surface area contributed by atoms with Crippen molar-refractivity contribution < 1.29 is 24.6 Å².